The fourth-order valence-electron chi connectivity index (χ4n) is 1.79. The predicted molar refractivity (Wildman–Crippen MR) is 75.3 cm³/mol. The minimum Gasteiger partial charge on any atom is -0.489 e. The molecule has 0 radical (unpaired) electrons. The maximum Gasteiger partial charge on any atom is 0.127 e. The van der Waals surface area contributed by atoms with Gasteiger partial charge in [0.2, 0.25) is 0 Å². The van der Waals surface area contributed by atoms with Gasteiger partial charge in [-0.2, -0.15) is 0 Å². The summed E-state index contributed by atoms with van der Waals surface area (Å²) in [4.78, 5) is 0. The van der Waals surface area contributed by atoms with Crippen molar-refractivity contribution >= 4 is 10.8 Å². The van der Waals surface area contributed by atoms with Crippen molar-refractivity contribution in [1.29, 1.82) is 0 Å². The van der Waals surface area contributed by atoms with E-state index in [-0.39, 0.29) is 0 Å². The molecule has 0 heterocycles. The van der Waals surface area contributed by atoms with Gasteiger partial charge in [0.25, 0.3) is 0 Å². The first kappa shape index (κ1) is 12.2. The summed E-state index contributed by atoms with van der Waals surface area (Å²) in [6.45, 7) is 8.30. The van der Waals surface area contributed by atoms with Crippen molar-refractivity contribution < 1.29 is 9.47 Å². The molecule has 0 bridgehead atoms. The van der Waals surface area contributed by atoms with Gasteiger partial charge in [0, 0.05) is 10.8 Å². The van der Waals surface area contributed by atoms with Gasteiger partial charge in [0.05, 0.1) is 0 Å². The Balaban J connectivity index is 2.44. The van der Waals surface area contributed by atoms with Crippen molar-refractivity contribution in [2.24, 2.45) is 0 Å². The van der Waals surface area contributed by atoms with Gasteiger partial charge in [-0.25, -0.2) is 0 Å². The average Bonchev–Trinajstić information content (AvgIpc) is 2.43. The topological polar surface area (TPSA) is 18.5 Å². The Labute approximate surface area is 107 Å². The number of benzene rings is 2. The molecule has 0 saturated heterocycles. The first-order valence-corrected chi connectivity index (χ1v) is 5.86. The molecule has 0 atom stereocenters. The number of hydrogen-bond acceptors (Lipinski definition) is 2. The predicted octanol–water partition coefficient (Wildman–Crippen LogP) is 3.97. The molecule has 0 N–H and O–H groups in total. The molecule has 0 aromatic heterocycles. The standard InChI is InChI=1S/C16H16O2/c1-3-11-17-15-9-10-16(18-12-4-2)14-8-6-5-7-13(14)15/h3-10H,1-2,11-12H2. The summed E-state index contributed by atoms with van der Waals surface area (Å²) in [5.41, 5.74) is 0. The van der Waals surface area contributed by atoms with E-state index in [1.54, 1.807) is 12.2 Å². The second-order valence-corrected chi connectivity index (χ2v) is 3.81. The Morgan fingerprint density at radius 2 is 1.22 bits per heavy atom. The van der Waals surface area contributed by atoms with E-state index >= 15 is 0 Å². The van der Waals surface area contributed by atoms with Crippen LogP contribution in [0.15, 0.2) is 61.7 Å². The minimum absolute atomic E-state index is 0.497. The molecule has 92 valence electrons. The van der Waals surface area contributed by atoms with Gasteiger partial charge in [0.15, 0.2) is 0 Å². The van der Waals surface area contributed by atoms with Crippen LogP contribution in [0.1, 0.15) is 0 Å². The van der Waals surface area contributed by atoms with Crippen LogP contribution >= 0.6 is 0 Å². The van der Waals surface area contributed by atoms with E-state index in [0.29, 0.717) is 13.2 Å². The first-order valence-electron chi connectivity index (χ1n) is 5.86. The summed E-state index contributed by atoms with van der Waals surface area (Å²) in [7, 11) is 0. The van der Waals surface area contributed by atoms with Crippen LogP contribution in [-0.2, 0) is 0 Å². The van der Waals surface area contributed by atoms with Crippen molar-refractivity contribution in [1.82, 2.24) is 0 Å². The molecular weight excluding hydrogens is 224 g/mol. The Morgan fingerprint density at radius 1 is 0.778 bits per heavy atom. The minimum atomic E-state index is 0.497. The lowest BCUT2D eigenvalue weighted by Gasteiger charge is -2.11. The van der Waals surface area contributed by atoms with E-state index in [1.807, 2.05) is 36.4 Å². The van der Waals surface area contributed by atoms with E-state index in [0.717, 1.165) is 22.3 Å². The largest absolute Gasteiger partial charge is 0.489 e. The van der Waals surface area contributed by atoms with Gasteiger partial charge in [-0.3, -0.25) is 0 Å². The molecule has 0 fully saturated rings. The first-order chi connectivity index (χ1) is 8.86. The summed E-state index contributed by atoms with van der Waals surface area (Å²) >= 11 is 0. The average molecular weight is 240 g/mol. The molecule has 2 rings (SSSR count). The van der Waals surface area contributed by atoms with Crippen LogP contribution in [0.25, 0.3) is 10.8 Å². The molecule has 0 aliphatic carbocycles. The quantitative estimate of drug-likeness (QED) is 0.711. The third-order valence-corrected chi connectivity index (χ3v) is 2.56. The van der Waals surface area contributed by atoms with Crippen molar-refractivity contribution in [2.45, 2.75) is 0 Å². The molecule has 0 amide bonds. The number of fused-ring (bicyclic) bond motifs is 1. The summed E-state index contributed by atoms with van der Waals surface area (Å²) in [6.07, 6.45) is 3.47. The summed E-state index contributed by atoms with van der Waals surface area (Å²) < 4.78 is 11.3. The van der Waals surface area contributed by atoms with Crippen molar-refractivity contribution in [3.8, 4) is 11.5 Å². The molecule has 0 aliphatic rings. The van der Waals surface area contributed by atoms with Crippen molar-refractivity contribution in [3.63, 3.8) is 0 Å². The van der Waals surface area contributed by atoms with Gasteiger partial charge in [-0.05, 0) is 12.1 Å². The normalized spacial score (nSPS) is 10.0. The zero-order valence-corrected chi connectivity index (χ0v) is 10.3. The van der Waals surface area contributed by atoms with Crippen LogP contribution in [0.5, 0.6) is 11.5 Å². The molecule has 18 heavy (non-hydrogen) atoms. The third-order valence-electron chi connectivity index (χ3n) is 2.56. The van der Waals surface area contributed by atoms with Crippen LogP contribution < -0.4 is 9.47 Å². The van der Waals surface area contributed by atoms with E-state index in [1.165, 1.54) is 0 Å². The maximum absolute atomic E-state index is 5.63. The molecule has 2 aromatic rings. The van der Waals surface area contributed by atoms with Crippen LogP contribution in [0, 0.1) is 0 Å². The fraction of sp³-hybridized carbons (Fsp3) is 0.125. The van der Waals surface area contributed by atoms with E-state index in [2.05, 4.69) is 13.2 Å². The van der Waals surface area contributed by atoms with Gasteiger partial charge < -0.3 is 9.47 Å². The highest BCUT2D eigenvalue weighted by molar-refractivity contribution is 5.93. The smallest absolute Gasteiger partial charge is 0.127 e. The molecule has 0 aliphatic heterocycles. The third kappa shape index (κ3) is 2.54. The van der Waals surface area contributed by atoms with E-state index in [4.69, 9.17) is 9.47 Å². The second-order valence-electron chi connectivity index (χ2n) is 3.81. The second kappa shape index (κ2) is 5.92. The highest BCUT2D eigenvalue weighted by Crippen LogP contribution is 2.33. The monoisotopic (exact) mass is 240 g/mol. The lowest BCUT2D eigenvalue weighted by atomic mass is 10.1. The zero-order valence-electron chi connectivity index (χ0n) is 10.3. The van der Waals surface area contributed by atoms with Crippen LogP contribution in [0.3, 0.4) is 0 Å². The lowest BCUT2D eigenvalue weighted by Crippen LogP contribution is -1.97. The zero-order chi connectivity index (χ0) is 12.8. The van der Waals surface area contributed by atoms with Gasteiger partial charge in [0.1, 0.15) is 24.7 Å². The van der Waals surface area contributed by atoms with E-state index < -0.39 is 0 Å². The Hall–Kier alpha value is -2.22. The summed E-state index contributed by atoms with van der Waals surface area (Å²) in [5, 5.41) is 2.09. The van der Waals surface area contributed by atoms with Gasteiger partial charge in [-0.1, -0.05) is 49.6 Å². The molecule has 0 saturated carbocycles. The highest BCUT2D eigenvalue weighted by atomic mass is 16.5. The Morgan fingerprint density at radius 3 is 1.61 bits per heavy atom. The van der Waals surface area contributed by atoms with Gasteiger partial charge >= 0.3 is 0 Å². The molecule has 0 spiro atoms. The Bertz CT molecular complexity index is 508. The fourth-order valence-corrected chi connectivity index (χ4v) is 1.79. The molecule has 2 aromatic carbocycles. The summed E-state index contributed by atoms with van der Waals surface area (Å²) in [5.74, 6) is 1.69. The maximum atomic E-state index is 5.63. The molecule has 0 unspecified atom stereocenters. The number of hydrogen-bond donors (Lipinski definition) is 0. The van der Waals surface area contributed by atoms with Crippen LogP contribution in [-0.4, -0.2) is 13.2 Å². The molecular formula is C16H16O2. The van der Waals surface area contributed by atoms with Gasteiger partial charge in [-0.15, -0.1) is 0 Å². The van der Waals surface area contributed by atoms with E-state index in [9.17, 15) is 0 Å². The van der Waals surface area contributed by atoms with Crippen LogP contribution in [0.2, 0.25) is 0 Å². The van der Waals surface area contributed by atoms with Crippen molar-refractivity contribution in [3.05, 3.63) is 61.7 Å². The summed E-state index contributed by atoms with van der Waals surface area (Å²) in [6, 6.07) is 11.9. The highest BCUT2D eigenvalue weighted by Gasteiger charge is 2.06. The molecule has 2 nitrogen and oxygen atoms in total. The SMILES string of the molecule is C=CCOc1ccc(OCC=C)c2ccccc12. The Kier molecular flexibility index (Phi) is 4.02. The number of ether oxygens (including phenoxy) is 2. The van der Waals surface area contributed by atoms with Crippen LogP contribution in [0.4, 0.5) is 0 Å². The van der Waals surface area contributed by atoms with Crippen molar-refractivity contribution in [2.75, 3.05) is 13.2 Å². The lowest BCUT2D eigenvalue weighted by molar-refractivity contribution is 0.359. The molecule has 2 heteroatoms. The number of rotatable bonds is 6.